The zero-order valence-electron chi connectivity index (χ0n) is 11.3. The quantitative estimate of drug-likeness (QED) is 0.649. The van der Waals surface area contributed by atoms with Crippen LogP contribution in [0.25, 0.3) is 0 Å². The van der Waals surface area contributed by atoms with Crippen molar-refractivity contribution in [1.29, 1.82) is 0 Å². The summed E-state index contributed by atoms with van der Waals surface area (Å²) in [5.41, 5.74) is 4.08. The van der Waals surface area contributed by atoms with E-state index in [1.54, 1.807) is 42.5 Å². The van der Waals surface area contributed by atoms with Crippen LogP contribution in [0.5, 0.6) is 5.75 Å². The second-order valence-electron chi connectivity index (χ2n) is 4.20. The van der Waals surface area contributed by atoms with E-state index in [2.05, 4.69) is 10.5 Å². The Morgan fingerprint density at radius 1 is 1.23 bits per heavy atom. The number of aliphatic carboxylic acids is 1. The van der Waals surface area contributed by atoms with Crippen LogP contribution in [-0.4, -0.2) is 18.8 Å². The van der Waals surface area contributed by atoms with Crippen LogP contribution in [0, 0.1) is 0 Å². The van der Waals surface area contributed by atoms with E-state index in [1.807, 2.05) is 0 Å². The van der Waals surface area contributed by atoms with Crippen LogP contribution < -0.4 is 15.3 Å². The average molecular weight is 338 g/mol. The van der Waals surface area contributed by atoms with Gasteiger partial charge >= 0.3 is 0 Å². The van der Waals surface area contributed by atoms with Gasteiger partial charge < -0.3 is 14.6 Å². The summed E-state index contributed by atoms with van der Waals surface area (Å²) >= 11 is 11.7. The second-order valence-corrected chi connectivity index (χ2v) is 5.01. The molecule has 0 aromatic heterocycles. The third-order valence-corrected chi connectivity index (χ3v) is 3.32. The molecule has 0 bridgehead atoms. The van der Waals surface area contributed by atoms with E-state index in [0.29, 0.717) is 27.0 Å². The molecule has 114 valence electrons. The van der Waals surface area contributed by atoms with Gasteiger partial charge in [0.1, 0.15) is 12.4 Å². The summed E-state index contributed by atoms with van der Waals surface area (Å²) in [5, 5.41) is 15.4. The summed E-state index contributed by atoms with van der Waals surface area (Å²) in [7, 11) is 0. The number of para-hydroxylation sites is 1. The first-order valence-electron chi connectivity index (χ1n) is 6.22. The number of rotatable bonds is 6. The average Bonchev–Trinajstić information content (AvgIpc) is 2.50. The normalized spacial score (nSPS) is 10.6. The summed E-state index contributed by atoms with van der Waals surface area (Å²) in [6.45, 7) is -0.523. The maximum absolute atomic E-state index is 10.4. The molecule has 0 fully saturated rings. The number of nitrogens with one attached hydrogen (secondary N) is 1. The summed E-state index contributed by atoms with van der Waals surface area (Å²) in [4.78, 5) is 10.4. The van der Waals surface area contributed by atoms with Gasteiger partial charge in [0.05, 0.1) is 27.9 Å². The van der Waals surface area contributed by atoms with Gasteiger partial charge in [0.2, 0.25) is 0 Å². The first-order chi connectivity index (χ1) is 10.6. The fourth-order valence-electron chi connectivity index (χ4n) is 1.60. The Bertz CT molecular complexity index is 705. The first kappa shape index (κ1) is 16.1. The predicted octanol–water partition coefficient (Wildman–Crippen LogP) is 2.57. The van der Waals surface area contributed by atoms with E-state index in [4.69, 9.17) is 27.9 Å². The van der Waals surface area contributed by atoms with Crippen LogP contribution in [-0.2, 0) is 4.79 Å². The molecular formula is C15H11Cl2N2O3-. The lowest BCUT2D eigenvalue weighted by atomic mass is 10.2. The molecule has 0 unspecified atom stereocenters. The van der Waals surface area contributed by atoms with E-state index >= 15 is 0 Å². The lowest BCUT2D eigenvalue weighted by molar-refractivity contribution is -0.307. The number of halogens is 2. The number of carboxylic acids is 1. The van der Waals surface area contributed by atoms with E-state index in [1.165, 1.54) is 6.21 Å². The number of hydrogen-bond donors (Lipinski definition) is 1. The number of carbonyl (C=O) groups is 1. The van der Waals surface area contributed by atoms with Crippen molar-refractivity contribution in [2.75, 3.05) is 12.0 Å². The topological polar surface area (TPSA) is 73.8 Å². The molecule has 0 spiro atoms. The van der Waals surface area contributed by atoms with E-state index in [-0.39, 0.29) is 0 Å². The second kappa shape index (κ2) is 7.68. The molecule has 0 saturated heterocycles. The number of hydrazone groups is 1. The summed E-state index contributed by atoms with van der Waals surface area (Å²) < 4.78 is 5.12. The van der Waals surface area contributed by atoms with Crippen molar-refractivity contribution in [2.24, 2.45) is 5.10 Å². The molecule has 0 aliphatic heterocycles. The molecule has 2 aromatic carbocycles. The highest BCUT2D eigenvalue weighted by molar-refractivity contribution is 6.42. The molecule has 22 heavy (non-hydrogen) atoms. The zero-order valence-corrected chi connectivity index (χ0v) is 12.8. The van der Waals surface area contributed by atoms with Crippen molar-refractivity contribution in [3.8, 4) is 5.75 Å². The molecule has 2 rings (SSSR count). The van der Waals surface area contributed by atoms with Crippen LogP contribution >= 0.6 is 23.2 Å². The maximum atomic E-state index is 10.4. The van der Waals surface area contributed by atoms with Gasteiger partial charge in [-0.3, -0.25) is 5.43 Å². The fourth-order valence-corrected chi connectivity index (χ4v) is 1.90. The number of ether oxygens (including phenoxy) is 1. The molecule has 0 heterocycles. The minimum absolute atomic E-state index is 0.395. The molecule has 0 aliphatic carbocycles. The van der Waals surface area contributed by atoms with E-state index < -0.39 is 12.6 Å². The number of carboxylic acid groups (broad SMARTS) is 1. The molecular weight excluding hydrogens is 327 g/mol. The lowest BCUT2D eigenvalue weighted by Crippen LogP contribution is -2.29. The highest BCUT2D eigenvalue weighted by atomic mass is 35.5. The number of carbonyl (C=O) groups excluding carboxylic acids is 1. The molecule has 0 amide bonds. The molecule has 0 saturated carbocycles. The Hall–Kier alpha value is -2.24. The molecule has 5 nitrogen and oxygen atoms in total. The Labute approximate surface area is 137 Å². The molecule has 2 aromatic rings. The molecule has 0 atom stereocenters. The Balaban J connectivity index is 2.06. The van der Waals surface area contributed by atoms with E-state index in [9.17, 15) is 9.90 Å². The molecule has 0 radical (unpaired) electrons. The van der Waals surface area contributed by atoms with Gasteiger partial charge in [-0.05, 0) is 30.3 Å². The van der Waals surface area contributed by atoms with E-state index in [0.717, 1.165) is 0 Å². The van der Waals surface area contributed by atoms with Gasteiger partial charge in [0, 0.05) is 5.56 Å². The predicted molar refractivity (Wildman–Crippen MR) is 84.6 cm³/mol. The van der Waals surface area contributed by atoms with Gasteiger partial charge in [-0.2, -0.15) is 5.10 Å². The SMILES string of the molecule is O=C([O-])COc1ccccc1/C=N\Nc1ccc(Cl)c(Cl)c1. The number of hydrogen-bond acceptors (Lipinski definition) is 5. The first-order valence-corrected chi connectivity index (χ1v) is 6.97. The van der Waals surface area contributed by atoms with Crippen LogP contribution in [0.1, 0.15) is 5.56 Å². The number of benzene rings is 2. The van der Waals surface area contributed by atoms with Gasteiger partial charge in [-0.15, -0.1) is 0 Å². The monoisotopic (exact) mass is 337 g/mol. The van der Waals surface area contributed by atoms with Crippen LogP contribution in [0.3, 0.4) is 0 Å². The third-order valence-electron chi connectivity index (χ3n) is 2.58. The highest BCUT2D eigenvalue weighted by Crippen LogP contribution is 2.25. The van der Waals surface area contributed by atoms with Gasteiger partial charge in [0.15, 0.2) is 0 Å². The largest absolute Gasteiger partial charge is 0.546 e. The fraction of sp³-hybridized carbons (Fsp3) is 0.0667. The van der Waals surface area contributed by atoms with Crippen molar-refractivity contribution in [1.82, 2.24) is 0 Å². The number of anilines is 1. The minimum Gasteiger partial charge on any atom is -0.546 e. The maximum Gasteiger partial charge on any atom is 0.128 e. The third kappa shape index (κ3) is 4.65. The highest BCUT2D eigenvalue weighted by Gasteiger charge is 2.01. The summed E-state index contributed by atoms with van der Waals surface area (Å²) in [5.74, 6) is -0.896. The van der Waals surface area contributed by atoms with Crippen molar-refractivity contribution in [3.05, 3.63) is 58.1 Å². The van der Waals surface area contributed by atoms with Crippen molar-refractivity contribution < 1.29 is 14.6 Å². The standard InChI is InChI=1S/C15H12Cl2N2O3/c16-12-6-5-11(7-13(12)17)19-18-8-10-3-1-2-4-14(10)22-9-15(20)21/h1-8,19H,9H2,(H,20,21)/p-1/b18-8-. The molecule has 7 heteroatoms. The molecule has 1 N–H and O–H groups in total. The number of nitrogens with zero attached hydrogens (tertiary/aromatic N) is 1. The van der Waals surface area contributed by atoms with Crippen molar-refractivity contribution in [3.63, 3.8) is 0 Å². The zero-order chi connectivity index (χ0) is 15.9. The van der Waals surface area contributed by atoms with Crippen molar-refractivity contribution in [2.45, 2.75) is 0 Å². The smallest absolute Gasteiger partial charge is 0.128 e. The van der Waals surface area contributed by atoms with Gasteiger partial charge in [0.25, 0.3) is 0 Å². The van der Waals surface area contributed by atoms with Gasteiger partial charge in [-0.25, -0.2) is 0 Å². The summed E-state index contributed by atoms with van der Waals surface area (Å²) in [6.07, 6.45) is 1.51. The molecule has 0 aliphatic rings. The van der Waals surface area contributed by atoms with Crippen molar-refractivity contribution >= 4 is 41.1 Å². The van der Waals surface area contributed by atoms with Crippen LogP contribution in [0.15, 0.2) is 47.6 Å². The summed E-state index contributed by atoms with van der Waals surface area (Å²) in [6, 6.07) is 11.9. The Morgan fingerprint density at radius 2 is 2.00 bits per heavy atom. The Morgan fingerprint density at radius 3 is 2.73 bits per heavy atom. The van der Waals surface area contributed by atoms with Crippen LogP contribution in [0.2, 0.25) is 10.0 Å². The van der Waals surface area contributed by atoms with Gasteiger partial charge in [-0.1, -0.05) is 35.3 Å². The Kier molecular flexibility index (Phi) is 5.63. The lowest BCUT2D eigenvalue weighted by Gasteiger charge is -2.09. The minimum atomic E-state index is -1.29. The van der Waals surface area contributed by atoms with Crippen LogP contribution in [0.4, 0.5) is 5.69 Å².